The molecule has 0 spiro atoms. The lowest BCUT2D eigenvalue weighted by atomic mass is 10.2. The highest BCUT2D eigenvalue weighted by molar-refractivity contribution is 7.80. The molecule has 1 heterocycles. The zero-order valence-corrected chi connectivity index (χ0v) is 13.5. The van der Waals surface area contributed by atoms with E-state index < -0.39 is 11.8 Å². The Morgan fingerprint density at radius 2 is 1.92 bits per heavy atom. The highest BCUT2D eigenvalue weighted by Gasteiger charge is 2.10. The molecule has 24 heavy (non-hydrogen) atoms. The van der Waals surface area contributed by atoms with Gasteiger partial charge in [-0.05, 0) is 49.5 Å². The number of para-hydroxylation sites is 1. The Bertz CT molecular complexity index is 798. The molecule has 0 saturated carbocycles. The van der Waals surface area contributed by atoms with E-state index in [-0.39, 0.29) is 16.4 Å². The zero-order chi connectivity index (χ0) is 17.5. The van der Waals surface area contributed by atoms with Crippen molar-refractivity contribution in [3.63, 3.8) is 0 Å². The first kappa shape index (κ1) is 17.2. The van der Waals surface area contributed by atoms with Crippen LogP contribution in [0.2, 0.25) is 0 Å². The van der Waals surface area contributed by atoms with Gasteiger partial charge in [-0.1, -0.05) is 12.1 Å². The van der Waals surface area contributed by atoms with Gasteiger partial charge in [-0.15, -0.1) is 0 Å². The molecule has 0 radical (unpaired) electrons. The molecule has 2 amide bonds. The van der Waals surface area contributed by atoms with Gasteiger partial charge < -0.3 is 9.52 Å². The van der Waals surface area contributed by atoms with Gasteiger partial charge in [0.05, 0.1) is 5.56 Å². The second-order valence-electron chi connectivity index (χ2n) is 4.70. The van der Waals surface area contributed by atoms with Crippen molar-refractivity contribution in [3.8, 4) is 5.75 Å². The third kappa shape index (κ3) is 4.96. The highest BCUT2D eigenvalue weighted by atomic mass is 32.1. The predicted octanol–water partition coefficient (Wildman–Crippen LogP) is 1.64. The van der Waals surface area contributed by atoms with Gasteiger partial charge in [-0.2, -0.15) is 0 Å². The fraction of sp³-hybridized carbons (Fsp3) is 0.0625. The molecule has 0 atom stereocenters. The number of aryl methyl sites for hydroxylation is 1. The van der Waals surface area contributed by atoms with Gasteiger partial charge in [0.1, 0.15) is 17.3 Å². The van der Waals surface area contributed by atoms with Gasteiger partial charge in [0.2, 0.25) is 5.91 Å². The Morgan fingerprint density at radius 3 is 2.58 bits per heavy atom. The third-order valence-electron chi connectivity index (χ3n) is 2.84. The molecule has 0 saturated heterocycles. The van der Waals surface area contributed by atoms with Crippen LogP contribution in [0, 0.1) is 6.92 Å². The van der Waals surface area contributed by atoms with E-state index >= 15 is 0 Å². The number of hydrazine groups is 1. The number of amides is 2. The summed E-state index contributed by atoms with van der Waals surface area (Å²) in [5.41, 5.74) is 4.72. The van der Waals surface area contributed by atoms with Crippen LogP contribution in [0.3, 0.4) is 0 Å². The molecule has 0 fully saturated rings. The van der Waals surface area contributed by atoms with Crippen LogP contribution in [-0.2, 0) is 4.79 Å². The number of hydrogen-bond acceptors (Lipinski definition) is 5. The van der Waals surface area contributed by atoms with Crippen molar-refractivity contribution in [1.29, 1.82) is 0 Å². The van der Waals surface area contributed by atoms with E-state index in [1.807, 2.05) is 0 Å². The van der Waals surface area contributed by atoms with E-state index in [1.165, 1.54) is 24.3 Å². The average molecular weight is 345 g/mol. The van der Waals surface area contributed by atoms with Crippen LogP contribution >= 0.6 is 12.2 Å². The summed E-state index contributed by atoms with van der Waals surface area (Å²) in [6.45, 7) is 1.80. The molecule has 0 aliphatic carbocycles. The van der Waals surface area contributed by atoms with Gasteiger partial charge in [0.15, 0.2) is 5.11 Å². The molecule has 8 heteroatoms. The van der Waals surface area contributed by atoms with Crippen molar-refractivity contribution in [3.05, 3.63) is 59.6 Å². The predicted molar refractivity (Wildman–Crippen MR) is 91.9 cm³/mol. The van der Waals surface area contributed by atoms with Crippen LogP contribution in [-0.4, -0.2) is 22.0 Å². The maximum Gasteiger partial charge on any atom is 0.273 e. The van der Waals surface area contributed by atoms with Gasteiger partial charge >= 0.3 is 0 Å². The van der Waals surface area contributed by atoms with Crippen LogP contribution in [0.15, 0.2) is 46.9 Å². The van der Waals surface area contributed by atoms with Crippen LogP contribution in [0.1, 0.15) is 21.9 Å². The molecule has 1 aromatic heterocycles. The number of phenolic OH excluding ortho intramolecular Hbond substituents is 1. The molecule has 1 aromatic carbocycles. The van der Waals surface area contributed by atoms with Crippen molar-refractivity contribution in [2.75, 3.05) is 0 Å². The fourth-order valence-electron chi connectivity index (χ4n) is 1.73. The summed E-state index contributed by atoms with van der Waals surface area (Å²) in [5, 5.41) is 11.8. The average Bonchev–Trinajstić information content (AvgIpc) is 2.96. The number of hydrogen-bond donors (Lipinski definition) is 4. The van der Waals surface area contributed by atoms with E-state index in [4.69, 9.17) is 16.6 Å². The number of nitrogens with one attached hydrogen (secondary N) is 3. The molecule has 4 N–H and O–H groups in total. The highest BCUT2D eigenvalue weighted by Crippen LogP contribution is 2.14. The molecular formula is C16H15N3O4S. The van der Waals surface area contributed by atoms with Gasteiger partial charge in [0.25, 0.3) is 5.91 Å². The van der Waals surface area contributed by atoms with Crippen molar-refractivity contribution < 1.29 is 19.1 Å². The lowest BCUT2D eigenvalue weighted by Crippen LogP contribution is -2.48. The second kappa shape index (κ2) is 7.93. The first-order valence-corrected chi connectivity index (χ1v) is 7.30. The molecule has 0 aliphatic heterocycles. The third-order valence-corrected chi connectivity index (χ3v) is 3.04. The summed E-state index contributed by atoms with van der Waals surface area (Å²) in [4.78, 5) is 23.5. The topological polar surface area (TPSA) is 104 Å². The first-order chi connectivity index (χ1) is 11.5. The summed E-state index contributed by atoms with van der Waals surface area (Å²) in [7, 11) is 0. The van der Waals surface area contributed by atoms with E-state index in [1.54, 1.807) is 31.2 Å². The number of carbonyl (C=O) groups is 2. The standard InChI is InChI=1S/C16H15N3O4S/c1-10-6-7-11(23-10)8-9-14(21)17-16(24)19-18-15(22)12-4-2-3-5-13(12)20/h2-9,20H,1H3,(H,18,22)(H2,17,19,21,24). The van der Waals surface area contributed by atoms with Gasteiger partial charge in [-0.3, -0.25) is 25.8 Å². The summed E-state index contributed by atoms with van der Waals surface area (Å²) < 4.78 is 5.28. The number of carbonyl (C=O) groups excluding carboxylic acids is 2. The minimum absolute atomic E-state index is 0.0761. The number of aromatic hydroxyl groups is 1. The summed E-state index contributed by atoms with van der Waals surface area (Å²) in [6.07, 6.45) is 2.74. The number of furan rings is 1. The van der Waals surface area contributed by atoms with Crippen LogP contribution < -0.4 is 16.2 Å². The molecule has 0 unspecified atom stereocenters. The minimum atomic E-state index is -0.591. The van der Waals surface area contributed by atoms with E-state index in [9.17, 15) is 14.7 Å². The smallest absolute Gasteiger partial charge is 0.273 e. The Kier molecular flexibility index (Phi) is 5.69. The Labute approximate surface area is 143 Å². The first-order valence-electron chi connectivity index (χ1n) is 6.89. The van der Waals surface area contributed by atoms with Crippen LogP contribution in [0.5, 0.6) is 5.75 Å². The lowest BCUT2D eigenvalue weighted by molar-refractivity contribution is -0.115. The van der Waals surface area contributed by atoms with Gasteiger partial charge in [0, 0.05) is 6.08 Å². The molecular weight excluding hydrogens is 330 g/mol. The minimum Gasteiger partial charge on any atom is -0.507 e. The lowest BCUT2D eigenvalue weighted by Gasteiger charge is -2.10. The largest absolute Gasteiger partial charge is 0.507 e. The fourth-order valence-corrected chi connectivity index (χ4v) is 1.88. The molecule has 0 aliphatic rings. The summed E-state index contributed by atoms with van der Waals surface area (Å²) in [6, 6.07) is 9.53. The monoisotopic (exact) mass is 345 g/mol. The van der Waals surface area contributed by atoms with E-state index in [0.29, 0.717) is 5.76 Å². The second-order valence-corrected chi connectivity index (χ2v) is 5.10. The maximum atomic E-state index is 11.8. The SMILES string of the molecule is Cc1ccc(C=CC(=O)NC(=S)NNC(=O)c2ccccc2O)o1. The van der Waals surface area contributed by atoms with Crippen molar-refractivity contribution >= 4 is 35.2 Å². The van der Waals surface area contributed by atoms with Crippen LogP contribution in [0.25, 0.3) is 6.08 Å². The Morgan fingerprint density at radius 1 is 1.17 bits per heavy atom. The van der Waals surface area contributed by atoms with Crippen LogP contribution in [0.4, 0.5) is 0 Å². The number of rotatable bonds is 3. The molecule has 2 rings (SSSR count). The molecule has 0 bridgehead atoms. The van der Waals surface area contributed by atoms with E-state index in [0.717, 1.165) is 5.76 Å². The molecule has 7 nitrogen and oxygen atoms in total. The molecule has 124 valence electrons. The number of benzene rings is 1. The normalized spacial score (nSPS) is 10.4. The number of phenols is 1. The molecule has 2 aromatic rings. The van der Waals surface area contributed by atoms with Crippen molar-refractivity contribution in [2.45, 2.75) is 6.92 Å². The quantitative estimate of drug-likeness (QED) is 0.383. The summed E-state index contributed by atoms with van der Waals surface area (Å²) >= 11 is 4.89. The Hall–Kier alpha value is -3.13. The summed E-state index contributed by atoms with van der Waals surface area (Å²) in [5.74, 6) is 0.0293. The number of thiocarbonyl (C=S) groups is 1. The maximum absolute atomic E-state index is 11.8. The van der Waals surface area contributed by atoms with E-state index in [2.05, 4.69) is 16.2 Å². The Balaban J connectivity index is 1.80. The van der Waals surface area contributed by atoms with Gasteiger partial charge in [-0.25, -0.2) is 0 Å². The van der Waals surface area contributed by atoms with Crippen molar-refractivity contribution in [2.24, 2.45) is 0 Å². The zero-order valence-electron chi connectivity index (χ0n) is 12.7. The van der Waals surface area contributed by atoms with Crippen molar-refractivity contribution in [1.82, 2.24) is 16.2 Å².